The number of hydrogen-bond acceptors (Lipinski definition) is 2. The number of urea groups is 1. The highest BCUT2D eigenvalue weighted by molar-refractivity contribution is 6.33. The first kappa shape index (κ1) is 17.3. The summed E-state index contributed by atoms with van der Waals surface area (Å²) in [5.74, 6) is -1.25. The second-order valence-corrected chi connectivity index (χ2v) is 5.84. The Labute approximate surface area is 129 Å². The number of para-hydroxylation sites is 1. The number of carboxylic acid groups (broad SMARTS) is 1. The van der Waals surface area contributed by atoms with Crippen LogP contribution in [0.1, 0.15) is 25.8 Å². The van der Waals surface area contributed by atoms with Gasteiger partial charge >= 0.3 is 12.0 Å². The summed E-state index contributed by atoms with van der Waals surface area (Å²) >= 11 is 6.02. The molecule has 3 N–H and O–H groups in total. The van der Waals surface area contributed by atoms with E-state index in [4.69, 9.17) is 16.7 Å². The van der Waals surface area contributed by atoms with Crippen molar-refractivity contribution in [3.8, 4) is 0 Å². The number of anilines is 1. The fraction of sp³-hybridized carbons (Fsp3) is 0.467. The number of rotatable bonds is 6. The first-order chi connectivity index (χ1) is 9.81. The molecule has 0 saturated carbocycles. The molecule has 21 heavy (non-hydrogen) atoms. The van der Waals surface area contributed by atoms with Crippen molar-refractivity contribution in [1.29, 1.82) is 0 Å². The van der Waals surface area contributed by atoms with E-state index in [2.05, 4.69) is 10.6 Å². The smallest absolute Gasteiger partial charge is 0.319 e. The number of carboxylic acids is 1. The van der Waals surface area contributed by atoms with Crippen LogP contribution in [0.4, 0.5) is 10.5 Å². The number of carbonyl (C=O) groups is 2. The molecule has 0 saturated heterocycles. The van der Waals surface area contributed by atoms with Gasteiger partial charge in [-0.15, -0.1) is 0 Å². The van der Waals surface area contributed by atoms with Crippen molar-refractivity contribution < 1.29 is 14.7 Å². The Morgan fingerprint density at radius 3 is 2.52 bits per heavy atom. The van der Waals surface area contributed by atoms with E-state index < -0.39 is 17.9 Å². The highest BCUT2D eigenvalue weighted by atomic mass is 35.5. The van der Waals surface area contributed by atoms with Gasteiger partial charge in [-0.25, -0.2) is 4.79 Å². The van der Waals surface area contributed by atoms with Gasteiger partial charge in [0.15, 0.2) is 0 Å². The lowest BCUT2D eigenvalue weighted by Crippen LogP contribution is -2.36. The van der Waals surface area contributed by atoms with Gasteiger partial charge in [0.25, 0.3) is 0 Å². The van der Waals surface area contributed by atoms with Crippen LogP contribution < -0.4 is 10.6 Å². The summed E-state index contributed by atoms with van der Waals surface area (Å²) in [6, 6.07) is 4.86. The molecule has 0 radical (unpaired) electrons. The van der Waals surface area contributed by atoms with Crippen LogP contribution in [0.3, 0.4) is 0 Å². The second-order valence-electron chi connectivity index (χ2n) is 5.43. The number of hydrogen-bond donors (Lipinski definition) is 3. The molecule has 1 unspecified atom stereocenters. The Balaban J connectivity index is 2.59. The van der Waals surface area contributed by atoms with E-state index in [1.807, 2.05) is 26.8 Å². The minimum atomic E-state index is -0.905. The molecule has 2 amide bonds. The minimum absolute atomic E-state index is 0.0862. The second kappa shape index (κ2) is 7.88. The Hall–Kier alpha value is -1.75. The van der Waals surface area contributed by atoms with Crippen molar-refractivity contribution in [2.75, 3.05) is 11.9 Å². The van der Waals surface area contributed by atoms with Crippen LogP contribution in [0.15, 0.2) is 18.2 Å². The Kier molecular flexibility index (Phi) is 6.49. The Morgan fingerprint density at radius 1 is 1.33 bits per heavy atom. The fourth-order valence-electron chi connectivity index (χ4n) is 2.00. The molecule has 1 aromatic rings. The van der Waals surface area contributed by atoms with Crippen molar-refractivity contribution in [3.05, 3.63) is 28.8 Å². The zero-order chi connectivity index (χ0) is 16.0. The zero-order valence-electron chi connectivity index (χ0n) is 12.4. The first-order valence-corrected chi connectivity index (χ1v) is 7.21. The third kappa shape index (κ3) is 5.63. The summed E-state index contributed by atoms with van der Waals surface area (Å²) in [6.45, 7) is 5.81. The number of aryl methyl sites for hydroxylation is 1. The molecule has 1 atom stereocenters. The lowest BCUT2D eigenvalue weighted by atomic mass is 9.97. The molecule has 1 rings (SSSR count). The van der Waals surface area contributed by atoms with Crippen LogP contribution >= 0.6 is 11.6 Å². The summed E-state index contributed by atoms with van der Waals surface area (Å²) in [6.07, 6.45) is 0.515. The van der Waals surface area contributed by atoms with Gasteiger partial charge < -0.3 is 15.7 Å². The lowest BCUT2D eigenvalue weighted by molar-refractivity contribution is -0.142. The average Bonchev–Trinajstić information content (AvgIpc) is 2.38. The monoisotopic (exact) mass is 312 g/mol. The highest BCUT2D eigenvalue weighted by Crippen LogP contribution is 2.25. The largest absolute Gasteiger partial charge is 0.481 e. The summed E-state index contributed by atoms with van der Waals surface area (Å²) in [5, 5.41) is 14.8. The van der Waals surface area contributed by atoms with Gasteiger partial charge in [0.05, 0.1) is 16.6 Å². The number of nitrogens with one attached hydrogen (secondary N) is 2. The predicted molar refractivity (Wildman–Crippen MR) is 83.8 cm³/mol. The van der Waals surface area contributed by atoms with Gasteiger partial charge in [0, 0.05) is 6.54 Å². The van der Waals surface area contributed by atoms with Crippen LogP contribution in [-0.2, 0) is 4.79 Å². The number of carbonyl (C=O) groups excluding carboxylic acids is 1. The molecule has 6 heteroatoms. The molecule has 1 aromatic carbocycles. The van der Waals surface area contributed by atoms with Crippen LogP contribution in [0.2, 0.25) is 5.02 Å². The zero-order valence-corrected chi connectivity index (χ0v) is 13.2. The van der Waals surface area contributed by atoms with E-state index in [0.717, 1.165) is 5.56 Å². The normalized spacial score (nSPS) is 12.0. The summed E-state index contributed by atoms with van der Waals surface area (Å²) in [4.78, 5) is 23.0. The number of aliphatic carboxylic acids is 1. The van der Waals surface area contributed by atoms with Gasteiger partial charge in [0.1, 0.15) is 0 Å². The molecule has 116 valence electrons. The molecule has 0 heterocycles. The molecule has 0 bridgehead atoms. The van der Waals surface area contributed by atoms with Crippen LogP contribution in [0.25, 0.3) is 0 Å². The van der Waals surface area contributed by atoms with E-state index in [9.17, 15) is 9.59 Å². The molecule has 0 aromatic heterocycles. The Morgan fingerprint density at radius 2 is 2.00 bits per heavy atom. The maximum Gasteiger partial charge on any atom is 0.319 e. The minimum Gasteiger partial charge on any atom is -0.481 e. The fourth-order valence-corrected chi connectivity index (χ4v) is 2.27. The quantitative estimate of drug-likeness (QED) is 0.752. The van der Waals surface area contributed by atoms with E-state index >= 15 is 0 Å². The molecule has 0 aliphatic carbocycles. The average molecular weight is 313 g/mol. The SMILES string of the molecule is Cc1cccc(Cl)c1NC(=O)NCC(CC(C)C)C(=O)O. The van der Waals surface area contributed by atoms with E-state index in [1.54, 1.807) is 12.1 Å². The standard InChI is InChI=1S/C15H21ClN2O3/c1-9(2)7-11(14(19)20)8-17-15(21)18-13-10(3)5-4-6-12(13)16/h4-6,9,11H,7-8H2,1-3H3,(H,19,20)(H2,17,18,21). The maximum absolute atomic E-state index is 11.9. The maximum atomic E-state index is 11.9. The van der Waals surface area contributed by atoms with Gasteiger partial charge in [-0.3, -0.25) is 4.79 Å². The van der Waals surface area contributed by atoms with Crippen LogP contribution in [-0.4, -0.2) is 23.7 Å². The Bertz CT molecular complexity index is 497. The van der Waals surface area contributed by atoms with Gasteiger partial charge in [-0.1, -0.05) is 37.6 Å². The molecule has 0 aliphatic heterocycles. The number of halogens is 1. The molecular weight excluding hydrogens is 292 g/mol. The van der Waals surface area contributed by atoms with Crippen LogP contribution in [0, 0.1) is 18.8 Å². The molecule has 0 spiro atoms. The summed E-state index contributed by atoms with van der Waals surface area (Å²) in [5.41, 5.74) is 1.38. The van der Waals surface area contributed by atoms with Crippen molar-refractivity contribution in [2.24, 2.45) is 11.8 Å². The molecule has 0 fully saturated rings. The molecule has 0 aliphatic rings. The van der Waals surface area contributed by atoms with E-state index in [1.165, 1.54) is 0 Å². The topological polar surface area (TPSA) is 78.4 Å². The van der Waals surface area contributed by atoms with Crippen molar-refractivity contribution in [2.45, 2.75) is 27.2 Å². The number of benzene rings is 1. The molecule has 5 nitrogen and oxygen atoms in total. The van der Waals surface area contributed by atoms with Crippen molar-refractivity contribution in [1.82, 2.24) is 5.32 Å². The third-order valence-corrected chi connectivity index (χ3v) is 3.39. The molecular formula is C15H21ClN2O3. The van der Waals surface area contributed by atoms with Gasteiger partial charge in [0.2, 0.25) is 0 Å². The van der Waals surface area contributed by atoms with Crippen molar-refractivity contribution >= 4 is 29.3 Å². The van der Waals surface area contributed by atoms with E-state index in [-0.39, 0.29) is 12.5 Å². The summed E-state index contributed by atoms with van der Waals surface area (Å²) < 4.78 is 0. The van der Waals surface area contributed by atoms with Crippen molar-refractivity contribution in [3.63, 3.8) is 0 Å². The predicted octanol–water partition coefficient (Wildman–Crippen LogP) is 3.52. The van der Waals surface area contributed by atoms with E-state index in [0.29, 0.717) is 17.1 Å². The van der Waals surface area contributed by atoms with Gasteiger partial charge in [-0.05, 0) is 30.9 Å². The highest BCUT2D eigenvalue weighted by Gasteiger charge is 2.20. The van der Waals surface area contributed by atoms with Crippen LogP contribution in [0.5, 0.6) is 0 Å². The van der Waals surface area contributed by atoms with Gasteiger partial charge in [-0.2, -0.15) is 0 Å². The number of amides is 2. The third-order valence-electron chi connectivity index (χ3n) is 3.07. The lowest BCUT2D eigenvalue weighted by Gasteiger charge is -2.16. The first-order valence-electron chi connectivity index (χ1n) is 6.84. The summed E-state index contributed by atoms with van der Waals surface area (Å²) in [7, 11) is 0.